The molecule has 10 rings (SSSR count). The Balaban J connectivity index is 1.12. The molecule has 0 radical (unpaired) electrons. The van der Waals surface area contributed by atoms with Crippen LogP contribution in [0.2, 0.25) is 0 Å². The van der Waals surface area contributed by atoms with Crippen LogP contribution in [0.3, 0.4) is 0 Å². The number of nitrogens with zero attached hydrogens (tertiary/aromatic N) is 2. The van der Waals surface area contributed by atoms with Gasteiger partial charge in [-0.3, -0.25) is 0 Å². The Hall–Kier alpha value is -7.10. The fraction of sp³-hybridized carbons (Fsp3) is 0. The van der Waals surface area contributed by atoms with Crippen LogP contribution in [0.5, 0.6) is 0 Å². The van der Waals surface area contributed by atoms with E-state index >= 15 is 0 Å². The molecule has 0 saturated carbocycles. The molecule has 2 aromatic heterocycles. The highest BCUT2D eigenvalue weighted by molar-refractivity contribution is 6.08. The first kappa shape index (κ1) is 30.7. The number of rotatable bonds is 6. The lowest BCUT2D eigenvalue weighted by atomic mass is 9.86. The van der Waals surface area contributed by atoms with Crippen molar-refractivity contribution in [1.29, 1.82) is 0 Å². The van der Waals surface area contributed by atoms with Crippen LogP contribution in [-0.4, -0.2) is 9.97 Å². The van der Waals surface area contributed by atoms with Crippen LogP contribution in [0, 0.1) is 0 Å². The van der Waals surface area contributed by atoms with Crippen molar-refractivity contribution in [2.75, 3.05) is 0 Å². The minimum absolute atomic E-state index is 0.626. The van der Waals surface area contributed by atoms with E-state index in [0.717, 1.165) is 66.6 Å². The summed E-state index contributed by atoms with van der Waals surface area (Å²) in [5.41, 5.74) is 14.7. The number of para-hydroxylation sites is 2. The maximum atomic E-state index is 6.20. The summed E-state index contributed by atoms with van der Waals surface area (Å²) in [5, 5.41) is 3.54. The van der Waals surface area contributed by atoms with Gasteiger partial charge in [-0.15, -0.1) is 0 Å². The highest BCUT2D eigenvalue weighted by Gasteiger charge is 2.19. The van der Waals surface area contributed by atoms with Gasteiger partial charge in [0.15, 0.2) is 5.58 Å². The van der Waals surface area contributed by atoms with Crippen LogP contribution in [0.25, 0.3) is 100.0 Å². The molecular weight excluding hydrogens is 645 g/mol. The van der Waals surface area contributed by atoms with E-state index in [9.17, 15) is 0 Å². The van der Waals surface area contributed by atoms with Gasteiger partial charge in [0, 0.05) is 22.1 Å². The van der Waals surface area contributed by atoms with Crippen molar-refractivity contribution in [1.82, 2.24) is 9.97 Å². The topological polar surface area (TPSA) is 38.9 Å². The highest BCUT2D eigenvalue weighted by atomic mass is 16.3. The lowest BCUT2D eigenvalue weighted by Gasteiger charge is -2.18. The molecule has 0 aliphatic carbocycles. The summed E-state index contributed by atoms with van der Waals surface area (Å²) in [5.74, 6) is 0.626. The van der Waals surface area contributed by atoms with E-state index in [0.29, 0.717) is 5.89 Å². The largest absolute Gasteiger partial charge is 0.436 e. The number of oxazole rings is 1. The lowest BCUT2D eigenvalue weighted by molar-refractivity contribution is 0.620. The Kier molecular flexibility index (Phi) is 7.47. The van der Waals surface area contributed by atoms with Gasteiger partial charge in [-0.2, -0.15) is 0 Å². The molecule has 0 N–H and O–H groups in total. The van der Waals surface area contributed by atoms with Gasteiger partial charge in [0.25, 0.3) is 0 Å². The average Bonchev–Trinajstić information content (AvgIpc) is 3.69. The van der Waals surface area contributed by atoms with Crippen LogP contribution in [0.15, 0.2) is 199 Å². The van der Waals surface area contributed by atoms with E-state index in [1.807, 2.05) is 42.5 Å². The van der Waals surface area contributed by atoms with Gasteiger partial charge in [0.1, 0.15) is 5.52 Å². The number of aromatic nitrogens is 2. The van der Waals surface area contributed by atoms with Crippen molar-refractivity contribution >= 4 is 32.8 Å². The molecule has 10 aromatic rings. The molecule has 0 bridgehead atoms. The molecule has 53 heavy (non-hydrogen) atoms. The third-order valence-corrected chi connectivity index (χ3v) is 10.1. The van der Waals surface area contributed by atoms with Crippen LogP contribution in [-0.2, 0) is 0 Å². The summed E-state index contributed by atoms with van der Waals surface area (Å²) in [7, 11) is 0. The van der Waals surface area contributed by atoms with E-state index in [-0.39, 0.29) is 0 Å². The summed E-state index contributed by atoms with van der Waals surface area (Å²) in [6.45, 7) is 0. The minimum Gasteiger partial charge on any atom is -0.436 e. The fourth-order valence-corrected chi connectivity index (χ4v) is 7.61. The molecule has 0 fully saturated rings. The Bertz CT molecular complexity index is 2930. The molecule has 3 heteroatoms. The minimum atomic E-state index is 0.626. The van der Waals surface area contributed by atoms with E-state index in [2.05, 4.69) is 152 Å². The van der Waals surface area contributed by atoms with E-state index in [4.69, 9.17) is 14.4 Å². The van der Waals surface area contributed by atoms with E-state index in [1.54, 1.807) is 0 Å². The van der Waals surface area contributed by atoms with Crippen molar-refractivity contribution in [3.63, 3.8) is 0 Å². The van der Waals surface area contributed by atoms with E-state index < -0.39 is 0 Å². The van der Waals surface area contributed by atoms with Crippen LogP contribution >= 0.6 is 0 Å². The molecule has 2 heterocycles. The normalized spacial score (nSPS) is 11.4. The Labute approximate surface area is 307 Å². The first-order chi connectivity index (χ1) is 26.3. The first-order valence-corrected chi connectivity index (χ1v) is 17.9. The van der Waals surface area contributed by atoms with Gasteiger partial charge < -0.3 is 4.42 Å². The van der Waals surface area contributed by atoms with Crippen LogP contribution in [0.1, 0.15) is 0 Å². The van der Waals surface area contributed by atoms with Gasteiger partial charge in [0.2, 0.25) is 5.89 Å². The molecule has 0 saturated heterocycles. The number of benzene rings is 8. The van der Waals surface area contributed by atoms with Crippen molar-refractivity contribution in [3.05, 3.63) is 194 Å². The number of hydrogen-bond donors (Lipinski definition) is 0. The standard InChI is InChI=1S/C50H32N2O/c1-3-14-33(15-4-1)44-32-46(51-45-24-12-11-21-42(44)45)41-20-9-10-22-43(41)48-38-19-8-7-16-34(38)30-31-39(48)35-26-28-36(29-27-35)40-23-13-25-47-49(40)52-50(53-47)37-17-5-2-6-18-37/h1-32H. The van der Waals surface area contributed by atoms with Crippen LogP contribution < -0.4 is 0 Å². The molecule has 0 amide bonds. The Morgan fingerprint density at radius 2 is 0.962 bits per heavy atom. The number of pyridine rings is 1. The Morgan fingerprint density at radius 3 is 1.75 bits per heavy atom. The molecule has 0 spiro atoms. The monoisotopic (exact) mass is 676 g/mol. The molecule has 248 valence electrons. The number of fused-ring (bicyclic) bond motifs is 3. The third kappa shape index (κ3) is 5.47. The Morgan fingerprint density at radius 1 is 0.358 bits per heavy atom. The third-order valence-electron chi connectivity index (χ3n) is 10.1. The average molecular weight is 677 g/mol. The first-order valence-electron chi connectivity index (χ1n) is 17.9. The van der Waals surface area contributed by atoms with Gasteiger partial charge >= 0.3 is 0 Å². The second kappa shape index (κ2) is 12.9. The van der Waals surface area contributed by atoms with Crippen molar-refractivity contribution in [2.24, 2.45) is 0 Å². The molecule has 3 nitrogen and oxygen atoms in total. The maximum Gasteiger partial charge on any atom is 0.227 e. The van der Waals surface area contributed by atoms with Gasteiger partial charge in [-0.05, 0) is 80.0 Å². The predicted octanol–water partition coefficient (Wildman–Crippen LogP) is 13.5. The quantitative estimate of drug-likeness (QED) is 0.176. The highest BCUT2D eigenvalue weighted by Crippen LogP contribution is 2.44. The van der Waals surface area contributed by atoms with Gasteiger partial charge in [0.05, 0.1) is 11.2 Å². The smallest absolute Gasteiger partial charge is 0.227 e. The SMILES string of the molecule is c1ccc(-c2nc3c(-c4ccc(-c5ccc6ccccc6c5-c5ccccc5-c5cc(-c6ccccc6)c6ccccc6n5)cc4)cccc3o2)cc1. The molecule has 0 atom stereocenters. The molecular formula is C50H32N2O. The van der Waals surface area contributed by atoms with Gasteiger partial charge in [-0.25, -0.2) is 9.97 Å². The summed E-state index contributed by atoms with van der Waals surface area (Å²) in [4.78, 5) is 10.2. The van der Waals surface area contributed by atoms with Crippen LogP contribution in [0.4, 0.5) is 0 Å². The van der Waals surface area contributed by atoms with Crippen molar-refractivity contribution < 1.29 is 4.42 Å². The second-order valence-corrected chi connectivity index (χ2v) is 13.3. The fourth-order valence-electron chi connectivity index (χ4n) is 7.61. The van der Waals surface area contributed by atoms with Gasteiger partial charge in [-0.1, -0.05) is 164 Å². The molecule has 0 unspecified atom stereocenters. The lowest BCUT2D eigenvalue weighted by Crippen LogP contribution is -1.94. The summed E-state index contributed by atoms with van der Waals surface area (Å²) < 4.78 is 6.20. The van der Waals surface area contributed by atoms with E-state index in [1.165, 1.54) is 27.5 Å². The summed E-state index contributed by atoms with van der Waals surface area (Å²) in [6, 6.07) is 68.2. The summed E-state index contributed by atoms with van der Waals surface area (Å²) >= 11 is 0. The summed E-state index contributed by atoms with van der Waals surface area (Å²) in [6.07, 6.45) is 0. The maximum absolute atomic E-state index is 6.20. The van der Waals surface area contributed by atoms with Crippen molar-refractivity contribution in [3.8, 4) is 67.2 Å². The predicted molar refractivity (Wildman–Crippen MR) is 219 cm³/mol. The zero-order valence-electron chi connectivity index (χ0n) is 28.8. The second-order valence-electron chi connectivity index (χ2n) is 13.3. The molecule has 8 aromatic carbocycles. The zero-order chi connectivity index (χ0) is 35.1. The van der Waals surface area contributed by atoms with Crippen molar-refractivity contribution in [2.45, 2.75) is 0 Å². The zero-order valence-corrected chi connectivity index (χ0v) is 28.8. The molecule has 0 aliphatic rings. The number of hydrogen-bond acceptors (Lipinski definition) is 3. The molecule has 0 aliphatic heterocycles.